The van der Waals surface area contributed by atoms with E-state index >= 15 is 0 Å². The summed E-state index contributed by atoms with van der Waals surface area (Å²) in [5, 5.41) is 15.5. The van der Waals surface area contributed by atoms with Crippen molar-refractivity contribution in [3.8, 4) is 0 Å². The van der Waals surface area contributed by atoms with Crippen LogP contribution in [0.4, 0.5) is 0 Å². The molecule has 9 heteroatoms. The molecule has 0 aliphatic carbocycles. The van der Waals surface area contributed by atoms with Crippen LogP contribution in [0.3, 0.4) is 0 Å². The minimum absolute atomic E-state index is 0. The number of halogens is 1. The monoisotopic (exact) mass is 519 g/mol. The van der Waals surface area contributed by atoms with Gasteiger partial charge in [-0.2, -0.15) is 0 Å². The Hall–Kier alpha value is -1.62. The lowest BCUT2D eigenvalue weighted by Crippen LogP contribution is -2.38. The fourth-order valence-corrected chi connectivity index (χ4v) is 3.25. The molecule has 1 amide bonds. The third kappa shape index (κ3) is 7.42. The fraction of sp³-hybridized carbons (Fsp3) is 0.526. The van der Waals surface area contributed by atoms with Gasteiger partial charge in [-0.3, -0.25) is 4.79 Å². The first-order valence-corrected chi connectivity index (χ1v) is 10.4. The van der Waals surface area contributed by atoms with E-state index in [4.69, 9.17) is 4.52 Å². The largest absolute Gasteiger partial charge is 0.361 e. The second-order valence-electron chi connectivity index (χ2n) is 5.95. The zero-order valence-electron chi connectivity index (χ0n) is 16.7. The van der Waals surface area contributed by atoms with Gasteiger partial charge in [0, 0.05) is 31.6 Å². The molecule has 0 aliphatic heterocycles. The van der Waals surface area contributed by atoms with Crippen LogP contribution < -0.4 is 16.0 Å². The molecule has 0 unspecified atom stereocenters. The molecular formula is C19H30IN5O2S. The normalized spacial score (nSPS) is 11.0. The summed E-state index contributed by atoms with van der Waals surface area (Å²) in [5.74, 6) is 1.65. The maximum atomic E-state index is 11.9. The highest BCUT2D eigenvalue weighted by atomic mass is 127. The van der Waals surface area contributed by atoms with E-state index in [1.807, 2.05) is 24.4 Å². The van der Waals surface area contributed by atoms with E-state index in [0.717, 1.165) is 60.2 Å². The van der Waals surface area contributed by atoms with Crippen molar-refractivity contribution in [1.29, 1.82) is 0 Å². The van der Waals surface area contributed by atoms with Crippen molar-refractivity contribution in [2.75, 3.05) is 19.6 Å². The predicted molar refractivity (Wildman–Crippen MR) is 125 cm³/mol. The fourth-order valence-electron chi connectivity index (χ4n) is 2.61. The van der Waals surface area contributed by atoms with E-state index < -0.39 is 0 Å². The minimum atomic E-state index is -0.0165. The van der Waals surface area contributed by atoms with Gasteiger partial charge >= 0.3 is 0 Å². The van der Waals surface area contributed by atoms with Crippen LogP contribution >= 0.6 is 35.3 Å². The summed E-state index contributed by atoms with van der Waals surface area (Å²) >= 11 is 1.45. The van der Waals surface area contributed by atoms with Gasteiger partial charge in [-0.15, -0.1) is 35.3 Å². The molecule has 0 bridgehead atoms. The quantitative estimate of drug-likeness (QED) is 0.194. The topological polar surface area (TPSA) is 91.6 Å². The van der Waals surface area contributed by atoms with Crippen molar-refractivity contribution in [3.63, 3.8) is 0 Å². The van der Waals surface area contributed by atoms with Crippen LogP contribution in [0, 0.1) is 0 Å². The molecule has 0 aromatic carbocycles. The first-order valence-electron chi connectivity index (χ1n) is 9.49. The number of thiophene rings is 1. The highest BCUT2D eigenvalue weighted by molar-refractivity contribution is 14.0. The number of amides is 1. The zero-order valence-corrected chi connectivity index (χ0v) is 19.9. The number of carbonyl (C=O) groups is 1. The molecule has 2 rings (SSSR count). The van der Waals surface area contributed by atoms with Crippen LogP contribution in [0.15, 0.2) is 27.0 Å². The van der Waals surface area contributed by atoms with E-state index in [0.29, 0.717) is 13.1 Å². The molecule has 28 heavy (non-hydrogen) atoms. The number of aliphatic imine (C=N–C) groups is 1. The summed E-state index contributed by atoms with van der Waals surface area (Å²) in [5.41, 5.74) is 2.06. The maximum Gasteiger partial charge on any atom is 0.261 e. The molecule has 2 aromatic rings. The van der Waals surface area contributed by atoms with E-state index in [9.17, 15) is 4.79 Å². The van der Waals surface area contributed by atoms with Gasteiger partial charge in [0.1, 0.15) is 5.76 Å². The maximum absolute atomic E-state index is 11.9. The Balaban J connectivity index is 0.00000392. The van der Waals surface area contributed by atoms with Crippen molar-refractivity contribution in [1.82, 2.24) is 21.1 Å². The molecule has 0 atom stereocenters. The number of aryl methyl sites for hydroxylation is 2. The number of guanidine groups is 1. The summed E-state index contributed by atoms with van der Waals surface area (Å²) in [7, 11) is 0. The number of rotatable bonds is 10. The summed E-state index contributed by atoms with van der Waals surface area (Å²) in [6.45, 7) is 8.83. The van der Waals surface area contributed by atoms with Crippen LogP contribution in [0.2, 0.25) is 0 Å². The second kappa shape index (κ2) is 13.5. The average molecular weight is 519 g/mol. The Kier molecular flexibility index (Phi) is 11.8. The van der Waals surface area contributed by atoms with Crippen molar-refractivity contribution < 1.29 is 9.32 Å². The highest BCUT2D eigenvalue weighted by Crippen LogP contribution is 2.16. The second-order valence-corrected chi connectivity index (χ2v) is 6.89. The molecular weight excluding hydrogens is 489 g/mol. The lowest BCUT2D eigenvalue weighted by molar-refractivity contribution is 0.0957. The van der Waals surface area contributed by atoms with Crippen LogP contribution in [-0.2, 0) is 19.4 Å². The van der Waals surface area contributed by atoms with Gasteiger partial charge in [-0.25, -0.2) is 4.99 Å². The molecule has 0 spiro atoms. The molecule has 0 radical (unpaired) electrons. The highest BCUT2D eigenvalue weighted by Gasteiger charge is 2.13. The number of carbonyl (C=O) groups excluding carboxylic acids is 1. The average Bonchev–Trinajstić information content (AvgIpc) is 3.34. The van der Waals surface area contributed by atoms with Crippen LogP contribution in [0.5, 0.6) is 0 Å². The Morgan fingerprint density at radius 1 is 1.18 bits per heavy atom. The third-order valence-corrected chi connectivity index (χ3v) is 4.89. The summed E-state index contributed by atoms with van der Waals surface area (Å²) in [4.78, 5) is 17.3. The van der Waals surface area contributed by atoms with Crippen LogP contribution in [0.25, 0.3) is 0 Å². The van der Waals surface area contributed by atoms with E-state index in [1.54, 1.807) is 0 Å². The summed E-state index contributed by atoms with van der Waals surface area (Å²) < 4.78 is 5.39. The Morgan fingerprint density at radius 3 is 2.61 bits per heavy atom. The van der Waals surface area contributed by atoms with Gasteiger partial charge in [0.05, 0.1) is 17.1 Å². The van der Waals surface area contributed by atoms with E-state index in [2.05, 4.69) is 39.9 Å². The molecule has 0 saturated heterocycles. The smallest absolute Gasteiger partial charge is 0.261 e. The zero-order chi connectivity index (χ0) is 19.5. The Bertz CT molecular complexity index is 709. The first kappa shape index (κ1) is 24.4. The Labute approximate surface area is 187 Å². The number of hydrogen-bond acceptors (Lipinski definition) is 5. The Morgan fingerprint density at radius 2 is 1.96 bits per heavy atom. The predicted octanol–water partition coefficient (Wildman–Crippen LogP) is 3.35. The first-order chi connectivity index (χ1) is 13.2. The standard InChI is InChI=1S/C19H29N5O2S.HI/c1-4-15-14(16(5-2)26-24-15)13-23-19(20-6-3)22-11-8-10-21-18(25)17-9-7-12-27-17;/h7,9,12H,4-6,8,10-11,13H2,1-3H3,(H,21,25)(H2,20,22,23);1H. The van der Waals surface area contributed by atoms with Crippen molar-refractivity contribution in [2.45, 2.75) is 46.6 Å². The van der Waals surface area contributed by atoms with Gasteiger partial charge in [0.25, 0.3) is 5.91 Å². The molecule has 0 saturated carbocycles. The van der Waals surface area contributed by atoms with Crippen LogP contribution in [0.1, 0.15) is 53.9 Å². The summed E-state index contributed by atoms with van der Waals surface area (Å²) in [6, 6.07) is 3.71. The summed E-state index contributed by atoms with van der Waals surface area (Å²) in [6.07, 6.45) is 2.46. The lowest BCUT2D eigenvalue weighted by Gasteiger charge is -2.11. The van der Waals surface area contributed by atoms with E-state index in [-0.39, 0.29) is 29.9 Å². The molecule has 0 aliphatic rings. The van der Waals surface area contributed by atoms with Gasteiger partial charge in [-0.05, 0) is 31.2 Å². The molecule has 2 heterocycles. The van der Waals surface area contributed by atoms with Crippen molar-refractivity contribution in [2.24, 2.45) is 4.99 Å². The lowest BCUT2D eigenvalue weighted by atomic mass is 10.1. The van der Waals surface area contributed by atoms with Gasteiger partial charge < -0.3 is 20.5 Å². The number of nitrogens with one attached hydrogen (secondary N) is 3. The molecule has 7 nitrogen and oxygen atoms in total. The number of aromatic nitrogens is 1. The van der Waals surface area contributed by atoms with E-state index in [1.165, 1.54) is 11.3 Å². The molecule has 3 N–H and O–H groups in total. The van der Waals surface area contributed by atoms with Gasteiger partial charge in [-0.1, -0.05) is 25.1 Å². The van der Waals surface area contributed by atoms with Crippen LogP contribution in [-0.4, -0.2) is 36.7 Å². The minimum Gasteiger partial charge on any atom is -0.361 e. The molecule has 0 fully saturated rings. The number of hydrogen-bond donors (Lipinski definition) is 3. The number of nitrogens with zero attached hydrogens (tertiary/aromatic N) is 2. The van der Waals surface area contributed by atoms with Crippen molar-refractivity contribution in [3.05, 3.63) is 39.4 Å². The van der Waals surface area contributed by atoms with Gasteiger partial charge in [0.15, 0.2) is 5.96 Å². The SMILES string of the molecule is CCNC(=NCc1c(CC)noc1CC)NCCCNC(=O)c1cccs1.I. The van der Waals surface area contributed by atoms with Crippen molar-refractivity contribution >= 4 is 47.2 Å². The van der Waals surface area contributed by atoms with Gasteiger partial charge in [0.2, 0.25) is 0 Å². The molecule has 2 aromatic heterocycles. The third-order valence-electron chi connectivity index (χ3n) is 4.02. The molecule has 156 valence electrons.